The number of anilines is 1. The Morgan fingerprint density at radius 2 is 2.09 bits per heavy atom. The first-order valence-corrected chi connectivity index (χ1v) is 8.02. The molecule has 2 aromatic rings. The van der Waals surface area contributed by atoms with Crippen LogP contribution in [-0.2, 0) is 11.8 Å². The number of hydrogen-bond donors (Lipinski definition) is 2. The number of fused-ring (bicyclic) bond motifs is 1. The van der Waals surface area contributed by atoms with Crippen LogP contribution < -0.4 is 10.6 Å². The van der Waals surface area contributed by atoms with Gasteiger partial charge in [0.1, 0.15) is 0 Å². The smallest absolute Gasteiger partial charge is 0.319 e. The number of aromatic nitrogens is 1. The summed E-state index contributed by atoms with van der Waals surface area (Å²) in [5, 5.41) is 6.91. The zero-order chi connectivity index (χ0) is 16.0. The van der Waals surface area contributed by atoms with Gasteiger partial charge < -0.3 is 20.1 Å². The Kier molecular flexibility index (Phi) is 3.25. The molecule has 0 spiro atoms. The van der Waals surface area contributed by atoms with Crippen LogP contribution in [-0.4, -0.2) is 40.0 Å². The van der Waals surface area contributed by atoms with Crippen LogP contribution in [0.15, 0.2) is 30.5 Å². The molecule has 2 fully saturated rings. The second-order valence-corrected chi connectivity index (χ2v) is 6.48. The molecule has 1 saturated heterocycles. The molecule has 4 rings (SSSR count). The minimum Gasteiger partial charge on any atom is -0.350 e. The van der Waals surface area contributed by atoms with Gasteiger partial charge in [0, 0.05) is 43.5 Å². The van der Waals surface area contributed by atoms with Crippen molar-refractivity contribution in [2.75, 3.05) is 11.9 Å². The van der Waals surface area contributed by atoms with Crippen LogP contribution in [0.2, 0.25) is 0 Å². The minimum atomic E-state index is -0.256. The summed E-state index contributed by atoms with van der Waals surface area (Å²) in [5.41, 5.74) is 1.82. The lowest BCUT2D eigenvalue weighted by Gasteiger charge is -2.16. The number of nitrogens with one attached hydrogen (secondary N) is 2. The van der Waals surface area contributed by atoms with Gasteiger partial charge in [-0.15, -0.1) is 0 Å². The highest BCUT2D eigenvalue weighted by atomic mass is 16.2. The van der Waals surface area contributed by atoms with E-state index in [1.807, 2.05) is 47.0 Å². The first-order valence-electron chi connectivity index (χ1n) is 8.02. The number of likely N-dealkylation sites (tertiary alicyclic amines) is 1. The molecule has 1 aliphatic heterocycles. The Labute approximate surface area is 134 Å². The number of aryl methyl sites for hydroxylation is 1. The average molecular weight is 312 g/mol. The second kappa shape index (κ2) is 5.30. The van der Waals surface area contributed by atoms with E-state index < -0.39 is 0 Å². The maximum Gasteiger partial charge on any atom is 0.319 e. The lowest BCUT2D eigenvalue weighted by Crippen LogP contribution is -2.40. The van der Waals surface area contributed by atoms with E-state index in [4.69, 9.17) is 0 Å². The van der Waals surface area contributed by atoms with E-state index in [0.717, 1.165) is 29.4 Å². The van der Waals surface area contributed by atoms with E-state index >= 15 is 0 Å². The molecule has 2 N–H and O–H groups in total. The lowest BCUT2D eigenvalue weighted by atomic mass is 10.2. The fraction of sp³-hybridized carbons (Fsp3) is 0.412. The Balaban J connectivity index is 1.39. The minimum absolute atomic E-state index is 0.0955. The van der Waals surface area contributed by atoms with Gasteiger partial charge in [0.15, 0.2) is 0 Å². The summed E-state index contributed by atoms with van der Waals surface area (Å²) in [7, 11) is 1.97. The van der Waals surface area contributed by atoms with Gasteiger partial charge >= 0.3 is 6.03 Å². The van der Waals surface area contributed by atoms with E-state index in [1.165, 1.54) is 0 Å². The third-order valence-electron chi connectivity index (χ3n) is 4.63. The number of rotatable bonds is 3. The predicted octanol–water partition coefficient (Wildman–Crippen LogP) is 2.06. The molecule has 120 valence electrons. The predicted molar refractivity (Wildman–Crippen MR) is 88.2 cm³/mol. The molecule has 23 heavy (non-hydrogen) atoms. The second-order valence-electron chi connectivity index (χ2n) is 6.48. The monoisotopic (exact) mass is 312 g/mol. The molecular weight excluding hydrogens is 292 g/mol. The molecule has 2 heterocycles. The van der Waals surface area contributed by atoms with Crippen LogP contribution in [0.25, 0.3) is 10.9 Å². The van der Waals surface area contributed by atoms with Gasteiger partial charge in [-0.2, -0.15) is 0 Å². The highest BCUT2D eigenvalue weighted by molar-refractivity contribution is 5.93. The maximum atomic E-state index is 12.2. The Bertz CT molecular complexity index is 778. The average Bonchev–Trinajstić information content (AvgIpc) is 3.21. The molecule has 0 unspecified atom stereocenters. The number of carbonyl (C=O) groups excluding carboxylic acids is 2. The summed E-state index contributed by atoms with van der Waals surface area (Å²) in [6, 6.07) is 7.92. The molecule has 1 aromatic carbocycles. The van der Waals surface area contributed by atoms with Crippen LogP contribution >= 0.6 is 0 Å². The fourth-order valence-corrected chi connectivity index (χ4v) is 3.26. The first-order chi connectivity index (χ1) is 11.1. The van der Waals surface area contributed by atoms with E-state index in [9.17, 15) is 9.59 Å². The van der Waals surface area contributed by atoms with Crippen molar-refractivity contribution in [2.45, 2.75) is 31.3 Å². The Hall–Kier alpha value is -2.50. The zero-order valence-corrected chi connectivity index (χ0v) is 13.1. The topological polar surface area (TPSA) is 66.4 Å². The highest BCUT2D eigenvalue weighted by Gasteiger charge is 2.39. The molecule has 1 aromatic heterocycles. The fourth-order valence-electron chi connectivity index (χ4n) is 3.26. The van der Waals surface area contributed by atoms with Crippen molar-refractivity contribution >= 4 is 28.5 Å². The van der Waals surface area contributed by atoms with Crippen molar-refractivity contribution < 1.29 is 9.59 Å². The molecule has 0 bridgehead atoms. The molecule has 3 amide bonds. The number of amides is 3. The molecule has 1 aliphatic carbocycles. The van der Waals surface area contributed by atoms with Crippen molar-refractivity contribution in [3.63, 3.8) is 0 Å². The Morgan fingerprint density at radius 1 is 1.26 bits per heavy atom. The van der Waals surface area contributed by atoms with E-state index in [-0.39, 0.29) is 18.0 Å². The third-order valence-corrected chi connectivity index (χ3v) is 4.63. The number of nitrogens with zero attached hydrogens (tertiary/aromatic N) is 2. The van der Waals surface area contributed by atoms with Gasteiger partial charge in [-0.1, -0.05) is 6.07 Å². The van der Waals surface area contributed by atoms with Crippen LogP contribution in [0.4, 0.5) is 10.5 Å². The summed E-state index contributed by atoms with van der Waals surface area (Å²) < 4.78 is 2.02. The van der Waals surface area contributed by atoms with Gasteiger partial charge in [0.25, 0.3) is 0 Å². The summed E-state index contributed by atoms with van der Waals surface area (Å²) in [5.74, 6) is 0.156. The highest BCUT2D eigenvalue weighted by Crippen LogP contribution is 2.30. The van der Waals surface area contributed by atoms with Gasteiger partial charge in [-0.25, -0.2) is 4.79 Å². The normalized spacial score (nSPS) is 21.0. The molecule has 2 aliphatic rings. The molecule has 6 heteroatoms. The molecule has 1 saturated carbocycles. The number of hydrogen-bond acceptors (Lipinski definition) is 2. The zero-order valence-electron chi connectivity index (χ0n) is 13.1. The van der Waals surface area contributed by atoms with Crippen molar-refractivity contribution in [3.8, 4) is 0 Å². The molecular formula is C17H20N4O2. The third kappa shape index (κ3) is 2.76. The maximum absolute atomic E-state index is 12.2. The van der Waals surface area contributed by atoms with Crippen molar-refractivity contribution in [1.82, 2.24) is 14.8 Å². The van der Waals surface area contributed by atoms with E-state index in [1.54, 1.807) is 0 Å². The molecule has 1 atom stereocenters. The van der Waals surface area contributed by atoms with Gasteiger partial charge in [-0.05, 0) is 36.4 Å². The van der Waals surface area contributed by atoms with Crippen molar-refractivity contribution in [2.24, 2.45) is 7.05 Å². The number of benzene rings is 1. The number of urea groups is 1. The quantitative estimate of drug-likeness (QED) is 0.911. The van der Waals surface area contributed by atoms with Crippen LogP contribution in [0.1, 0.15) is 19.3 Å². The SMILES string of the molecule is Cn1ccc2ccc(NC(=O)N[C@@H]3CC(=O)N(C4CC4)C3)cc21. The van der Waals surface area contributed by atoms with Gasteiger partial charge in [0.05, 0.1) is 6.04 Å². The van der Waals surface area contributed by atoms with Crippen LogP contribution in [0.5, 0.6) is 0 Å². The van der Waals surface area contributed by atoms with Crippen LogP contribution in [0.3, 0.4) is 0 Å². The number of carbonyl (C=O) groups is 2. The van der Waals surface area contributed by atoms with Gasteiger partial charge in [0.2, 0.25) is 5.91 Å². The summed E-state index contributed by atoms with van der Waals surface area (Å²) >= 11 is 0. The van der Waals surface area contributed by atoms with Crippen molar-refractivity contribution in [1.29, 1.82) is 0 Å². The van der Waals surface area contributed by atoms with Gasteiger partial charge in [-0.3, -0.25) is 4.79 Å². The van der Waals surface area contributed by atoms with Crippen LogP contribution in [0, 0.1) is 0 Å². The standard InChI is InChI=1S/C17H20N4O2/c1-20-7-6-11-2-3-12(8-15(11)20)18-17(23)19-13-9-16(22)21(10-13)14-4-5-14/h2-3,6-8,13-14H,4-5,9-10H2,1H3,(H2,18,19,23)/t13-/m1/s1. The summed E-state index contributed by atoms with van der Waals surface area (Å²) in [6.45, 7) is 0.633. The molecule has 6 nitrogen and oxygen atoms in total. The van der Waals surface area contributed by atoms with Crippen molar-refractivity contribution in [3.05, 3.63) is 30.5 Å². The molecule has 0 radical (unpaired) electrons. The summed E-state index contributed by atoms with van der Waals surface area (Å²) in [6.07, 6.45) is 4.59. The van der Waals surface area contributed by atoms with E-state index in [2.05, 4.69) is 10.6 Å². The Morgan fingerprint density at radius 3 is 2.87 bits per heavy atom. The lowest BCUT2D eigenvalue weighted by molar-refractivity contribution is -0.128. The first kappa shape index (κ1) is 14.1. The largest absolute Gasteiger partial charge is 0.350 e. The van der Waals surface area contributed by atoms with E-state index in [0.29, 0.717) is 19.0 Å². The summed E-state index contributed by atoms with van der Waals surface area (Å²) in [4.78, 5) is 26.0.